The van der Waals surface area contributed by atoms with Crippen molar-refractivity contribution in [3.8, 4) is 0 Å². The summed E-state index contributed by atoms with van der Waals surface area (Å²) in [4.78, 5) is 13.4. The molecule has 0 fully saturated rings. The summed E-state index contributed by atoms with van der Waals surface area (Å²) in [6, 6.07) is 0. The number of rotatable bonds is 1. The molecule has 1 rings (SSSR count). The van der Waals surface area contributed by atoms with Crippen LogP contribution in [0.4, 0.5) is 8.78 Å². The molecule has 1 aromatic heterocycles. The Hall–Kier alpha value is -1.19. The van der Waals surface area contributed by atoms with E-state index in [1.807, 2.05) is 0 Å². The summed E-state index contributed by atoms with van der Waals surface area (Å²) in [5, 5.41) is 0. The molecule has 11 heavy (non-hydrogen) atoms. The molecule has 0 amide bonds. The van der Waals surface area contributed by atoms with Crippen LogP contribution in [0.2, 0.25) is 0 Å². The number of pyridine rings is 1. The number of nitrogens with one attached hydrogen (secondary N) is 1. The van der Waals surface area contributed by atoms with E-state index in [4.69, 9.17) is 0 Å². The number of hydrogen-bond acceptors (Lipinski definition) is 1. The predicted octanol–water partition coefficient (Wildman–Crippen LogP) is 1.62. The highest BCUT2D eigenvalue weighted by atomic mass is 19.3. The Kier molecular flexibility index (Phi) is 2.03. The van der Waals surface area contributed by atoms with Crippen molar-refractivity contribution < 1.29 is 8.78 Å². The summed E-state index contributed by atoms with van der Waals surface area (Å²) in [7, 11) is 0. The molecule has 1 aromatic rings. The molecule has 1 heterocycles. The van der Waals surface area contributed by atoms with Crippen LogP contribution in [-0.2, 0) is 0 Å². The molecule has 2 nitrogen and oxygen atoms in total. The van der Waals surface area contributed by atoms with Gasteiger partial charge in [0, 0.05) is 18.0 Å². The van der Waals surface area contributed by atoms with Crippen molar-refractivity contribution in [2.45, 2.75) is 13.3 Å². The van der Waals surface area contributed by atoms with Crippen molar-refractivity contribution in [2.24, 2.45) is 0 Å². The average molecular weight is 159 g/mol. The fourth-order valence-electron chi connectivity index (χ4n) is 0.777. The van der Waals surface area contributed by atoms with Crippen LogP contribution >= 0.6 is 0 Å². The van der Waals surface area contributed by atoms with Crippen molar-refractivity contribution in [1.82, 2.24) is 4.98 Å². The Morgan fingerprint density at radius 1 is 1.45 bits per heavy atom. The lowest BCUT2D eigenvalue weighted by Crippen LogP contribution is -2.12. The number of aromatic nitrogens is 1. The van der Waals surface area contributed by atoms with Crippen molar-refractivity contribution in [2.75, 3.05) is 0 Å². The maximum atomic E-state index is 12.0. The van der Waals surface area contributed by atoms with Crippen molar-refractivity contribution in [1.29, 1.82) is 0 Å². The van der Waals surface area contributed by atoms with Gasteiger partial charge in [0.25, 0.3) is 6.43 Å². The van der Waals surface area contributed by atoms with Gasteiger partial charge in [0.05, 0.1) is 5.56 Å². The van der Waals surface area contributed by atoms with Gasteiger partial charge in [-0.1, -0.05) is 0 Å². The maximum absolute atomic E-state index is 12.0. The van der Waals surface area contributed by atoms with Gasteiger partial charge in [-0.3, -0.25) is 4.79 Å². The van der Waals surface area contributed by atoms with Gasteiger partial charge in [0.15, 0.2) is 5.43 Å². The molecular formula is C7H7F2NO. The van der Waals surface area contributed by atoms with Gasteiger partial charge in [-0.2, -0.15) is 0 Å². The van der Waals surface area contributed by atoms with E-state index >= 15 is 0 Å². The van der Waals surface area contributed by atoms with E-state index in [1.165, 1.54) is 13.1 Å². The average Bonchev–Trinajstić information content (AvgIpc) is 1.94. The van der Waals surface area contributed by atoms with Crippen molar-refractivity contribution in [3.63, 3.8) is 0 Å². The lowest BCUT2D eigenvalue weighted by Gasteiger charge is -1.97. The van der Waals surface area contributed by atoms with Gasteiger partial charge >= 0.3 is 0 Å². The Bertz CT molecular complexity index is 306. The zero-order chi connectivity index (χ0) is 8.43. The Balaban J connectivity index is 3.28. The lowest BCUT2D eigenvalue weighted by molar-refractivity contribution is 0.149. The molecule has 0 aliphatic carbocycles. The standard InChI is InChI=1S/C7H7F2NO/c1-4-2-10-3-5(6(4)11)7(8)9/h2-3,7H,1H3,(H,10,11). The fourth-order valence-corrected chi connectivity index (χ4v) is 0.777. The number of halogens is 2. The number of alkyl halides is 2. The molecule has 0 saturated carbocycles. The largest absolute Gasteiger partial charge is 0.367 e. The normalized spacial score (nSPS) is 10.5. The zero-order valence-corrected chi connectivity index (χ0v) is 5.90. The summed E-state index contributed by atoms with van der Waals surface area (Å²) < 4.78 is 24.0. The summed E-state index contributed by atoms with van der Waals surface area (Å²) in [6.07, 6.45) is -0.271. The van der Waals surface area contributed by atoms with E-state index in [-0.39, 0.29) is 0 Å². The minimum absolute atomic E-state index is 0.308. The quantitative estimate of drug-likeness (QED) is 0.663. The van der Waals surface area contributed by atoms with Crippen LogP contribution in [-0.4, -0.2) is 4.98 Å². The van der Waals surface area contributed by atoms with Gasteiger partial charge in [0.2, 0.25) is 0 Å². The fraction of sp³-hybridized carbons (Fsp3) is 0.286. The van der Waals surface area contributed by atoms with E-state index in [0.29, 0.717) is 5.56 Å². The van der Waals surface area contributed by atoms with Gasteiger partial charge in [-0.15, -0.1) is 0 Å². The second-order valence-corrected chi connectivity index (χ2v) is 2.22. The summed E-state index contributed by atoms with van der Waals surface area (Å²) in [5.74, 6) is 0. The zero-order valence-electron chi connectivity index (χ0n) is 5.90. The molecule has 1 N–H and O–H groups in total. The maximum Gasteiger partial charge on any atom is 0.269 e. The Labute approximate surface area is 61.9 Å². The van der Waals surface area contributed by atoms with Crippen LogP contribution in [0, 0.1) is 6.92 Å². The SMILES string of the molecule is Cc1c[nH]cc(C(F)F)c1=O. The molecule has 0 aromatic carbocycles. The van der Waals surface area contributed by atoms with Gasteiger partial charge < -0.3 is 4.98 Å². The first-order valence-corrected chi connectivity index (χ1v) is 3.08. The van der Waals surface area contributed by atoms with Crippen molar-refractivity contribution >= 4 is 0 Å². The van der Waals surface area contributed by atoms with Crippen molar-refractivity contribution in [3.05, 3.63) is 33.7 Å². The molecule has 0 radical (unpaired) electrons. The van der Waals surface area contributed by atoms with Gasteiger partial charge in [-0.05, 0) is 6.92 Å². The molecule has 0 aliphatic rings. The van der Waals surface area contributed by atoms with E-state index in [1.54, 1.807) is 0 Å². The van der Waals surface area contributed by atoms with Crippen LogP contribution in [0.3, 0.4) is 0 Å². The third-order valence-electron chi connectivity index (χ3n) is 1.39. The topological polar surface area (TPSA) is 32.9 Å². The minimum atomic E-state index is -2.70. The number of H-pyrrole nitrogens is 1. The first-order valence-electron chi connectivity index (χ1n) is 3.08. The summed E-state index contributed by atoms with van der Waals surface area (Å²) in [6.45, 7) is 1.49. The second kappa shape index (κ2) is 2.82. The number of hydrogen-bond donors (Lipinski definition) is 1. The molecule has 4 heteroatoms. The monoisotopic (exact) mass is 159 g/mol. The van der Waals surface area contributed by atoms with Crippen LogP contribution < -0.4 is 5.43 Å². The highest BCUT2D eigenvalue weighted by molar-refractivity contribution is 5.17. The molecule has 60 valence electrons. The highest BCUT2D eigenvalue weighted by Crippen LogP contribution is 2.13. The molecule has 0 aliphatic heterocycles. The third-order valence-corrected chi connectivity index (χ3v) is 1.39. The molecular weight excluding hydrogens is 152 g/mol. The van der Waals surface area contributed by atoms with E-state index in [2.05, 4.69) is 4.98 Å². The number of aromatic amines is 1. The van der Waals surface area contributed by atoms with E-state index in [9.17, 15) is 13.6 Å². The summed E-state index contributed by atoms with van der Waals surface area (Å²) in [5.41, 5.74) is -0.744. The predicted molar refractivity (Wildman–Crippen MR) is 36.8 cm³/mol. The molecule has 0 bridgehead atoms. The molecule has 0 atom stereocenters. The number of aryl methyl sites for hydroxylation is 1. The van der Waals surface area contributed by atoms with Crippen LogP contribution in [0.25, 0.3) is 0 Å². The lowest BCUT2D eigenvalue weighted by atomic mass is 10.2. The van der Waals surface area contributed by atoms with Crippen LogP contribution in [0.1, 0.15) is 17.6 Å². The van der Waals surface area contributed by atoms with Crippen LogP contribution in [0.15, 0.2) is 17.2 Å². The first kappa shape index (κ1) is 7.91. The highest BCUT2D eigenvalue weighted by Gasteiger charge is 2.11. The van der Waals surface area contributed by atoms with E-state index in [0.717, 1.165) is 6.20 Å². The van der Waals surface area contributed by atoms with Gasteiger partial charge in [0.1, 0.15) is 0 Å². The first-order chi connectivity index (χ1) is 5.13. The van der Waals surface area contributed by atoms with E-state index < -0.39 is 17.4 Å². The van der Waals surface area contributed by atoms with Crippen LogP contribution in [0.5, 0.6) is 0 Å². The minimum Gasteiger partial charge on any atom is -0.367 e. The van der Waals surface area contributed by atoms with Gasteiger partial charge in [-0.25, -0.2) is 8.78 Å². The molecule has 0 unspecified atom stereocenters. The summed E-state index contributed by atoms with van der Waals surface area (Å²) >= 11 is 0. The third kappa shape index (κ3) is 1.45. The molecule has 0 saturated heterocycles. The second-order valence-electron chi connectivity index (χ2n) is 2.22. The Morgan fingerprint density at radius 3 is 2.55 bits per heavy atom. The molecule has 0 spiro atoms. The smallest absolute Gasteiger partial charge is 0.269 e. The Morgan fingerprint density at radius 2 is 2.09 bits per heavy atom.